The zero-order valence-corrected chi connectivity index (χ0v) is 14.1. The van der Waals surface area contributed by atoms with Gasteiger partial charge in [-0.2, -0.15) is 0 Å². The molecule has 25 heavy (non-hydrogen) atoms. The fraction of sp³-hybridized carbons (Fsp3) is 0.333. The molecule has 1 unspecified atom stereocenters. The summed E-state index contributed by atoms with van der Waals surface area (Å²) in [4.78, 5) is 34.3. The van der Waals surface area contributed by atoms with Crippen molar-refractivity contribution in [1.82, 2.24) is 20.2 Å². The molecule has 2 amide bonds. The van der Waals surface area contributed by atoms with Gasteiger partial charge in [-0.05, 0) is 37.6 Å². The normalized spacial score (nSPS) is 16.5. The van der Waals surface area contributed by atoms with Crippen molar-refractivity contribution in [2.45, 2.75) is 19.4 Å². The first-order chi connectivity index (χ1) is 12.2. The molecular weight excluding hydrogens is 318 g/mol. The van der Waals surface area contributed by atoms with E-state index >= 15 is 0 Å². The summed E-state index contributed by atoms with van der Waals surface area (Å²) >= 11 is 0. The summed E-state index contributed by atoms with van der Waals surface area (Å²) < 4.78 is 0. The number of nitrogens with zero attached hydrogens (tertiary/aromatic N) is 3. The van der Waals surface area contributed by atoms with Gasteiger partial charge in [0.05, 0.1) is 5.56 Å². The largest absolute Gasteiger partial charge is 0.365 e. The molecule has 0 bridgehead atoms. The standard InChI is InChI=1S/C18H21N5O2/c1-2-19-17(24)13-6-7-16(21-11-13)22-14-8-10-23(12-14)18(25)15-5-3-4-9-20-15/h3-7,9,11,14H,2,8,10,12H2,1H3,(H,19,24)(H,21,22). The molecule has 7 nitrogen and oxygen atoms in total. The number of carbonyl (C=O) groups excluding carboxylic acids is 2. The summed E-state index contributed by atoms with van der Waals surface area (Å²) in [6, 6.07) is 8.99. The average molecular weight is 339 g/mol. The van der Waals surface area contributed by atoms with Gasteiger partial charge in [0.25, 0.3) is 11.8 Å². The molecule has 130 valence electrons. The number of carbonyl (C=O) groups is 2. The Hall–Kier alpha value is -2.96. The van der Waals surface area contributed by atoms with Crippen molar-refractivity contribution in [2.24, 2.45) is 0 Å². The molecule has 0 spiro atoms. The lowest BCUT2D eigenvalue weighted by Crippen LogP contribution is -2.32. The molecule has 1 aliphatic rings. The van der Waals surface area contributed by atoms with Crippen LogP contribution in [0, 0.1) is 0 Å². The van der Waals surface area contributed by atoms with E-state index in [1.165, 1.54) is 0 Å². The maximum atomic E-state index is 12.4. The van der Waals surface area contributed by atoms with Crippen LogP contribution < -0.4 is 10.6 Å². The Morgan fingerprint density at radius 3 is 2.80 bits per heavy atom. The number of anilines is 1. The minimum Gasteiger partial charge on any atom is -0.365 e. The number of pyridine rings is 2. The van der Waals surface area contributed by atoms with Crippen molar-refractivity contribution in [3.05, 3.63) is 54.0 Å². The quantitative estimate of drug-likeness (QED) is 0.863. The maximum Gasteiger partial charge on any atom is 0.272 e. The van der Waals surface area contributed by atoms with Gasteiger partial charge >= 0.3 is 0 Å². The lowest BCUT2D eigenvalue weighted by Gasteiger charge is -2.17. The number of amides is 2. The Morgan fingerprint density at radius 1 is 1.24 bits per heavy atom. The van der Waals surface area contributed by atoms with Gasteiger partial charge in [-0.15, -0.1) is 0 Å². The van der Waals surface area contributed by atoms with Crippen molar-refractivity contribution in [1.29, 1.82) is 0 Å². The summed E-state index contributed by atoms with van der Waals surface area (Å²) in [7, 11) is 0. The van der Waals surface area contributed by atoms with Crippen LogP contribution in [-0.2, 0) is 0 Å². The molecule has 0 aliphatic carbocycles. The van der Waals surface area contributed by atoms with Crippen LogP contribution >= 0.6 is 0 Å². The second kappa shape index (κ2) is 7.74. The van der Waals surface area contributed by atoms with Gasteiger partial charge in [-0.1, -0.05) is 6.07 Å². The van der Waals surface area contributed by atoms with E-state index in [9.17, 15) is 9.59 Å². The van der Waals surface area contributed by atoms with Gasteiger partial charge < -0.3 is 15.5 Å². The van der Waals surface area contributed by atoms with Gasteiger partial charge in [0, 0.05) is 38.1 Å². The monoisotopic (exact) mass is 339 g/mol. The highest BCUT2D eigenvalue weighted by atomic mass is 16.2. The van der Waals surface area contributed by atoms with E-state index in [1.54, 1.807) is 41.6 Å². The smallest absolute Gasteiger partial charge is 0.272 e. The van der Waals surface area contributed by atoms with Crippen molar-refractivity contribution in [3.63, 3.8) is 0 Å². The number of rotatable bonds is 5. The Bertz CT molecular complexity index is 733. The van der Waals surface area contributed by atoms with Crippen LogP contribution in [0.4, 0.5) is 5.82 Å². The van der Waals surface area contributed by atoms with E-state index in [0.29, 0.717) is 36.7 Å². The van der Waals surface area contributed by atoms with E-state index in [2.05, 4.69) is 20.6 Å². The number of hydrogen-bond acceptors (Lipinski definition) is 5. The van der Waals surface area contributed by atoms with Gasteiger partial charge in [-0.3, -0.25) is 14.6 Å². The predicted octanol–water partition coefficient (Wildman–Crippen LogP) is 1.55. The van der Waals surface area contributed by atoms with E-state index in [4.69, 9.17) is 0 Å². The fourth-order valence-electron chi connectivity index (χ4n) is 2.80. The van der Waals surface area contributed by atoms with Crippen molar-refractivity contribution in [3.8, 4) is 0 Å². The molecular formula is C18H21N5O2. The third kappa shape index (κ3) is 4.12. The van der Waals surface area contributed by atoms with E-state index in [0.717, 1.165) is 6.42 Å². The maximum absolute atomic E-state index is 12.4. The number of hydrogen-bond donors (Lipinski definition) is 2. The van der Waals surface area contributed by atoms with E-state index in [-0.39, 0.29) is 17.9 Å². The molecule has 1 fully saturated rings. The number of aromatic nitrogens is 2. The van der Waals surface area contributed by atoms with Gasteiger partial charge in [0.2, 0.25) is 0 Å². The predicted molar refractivity (Wildman–Crippen MR) is 94.4 cm³/mol. The minimum absolute atomic E-state index is 0.0514. The summed E-state index contributed by atoms with van der Waals surface area (Å²) in [5.41, 5.74) is 0.998. The molecule has 1 saturated heterocycles. The highest BCUT2D eigenvalue weighted by Crippen LogP contribution is 2.16. The lowest BCUT2D eigenvalue weighted by atomic mass is 10.2. The van der Waals surface area contributed by atoms with Crippen LogP contribution in [0.15, 0.2) is 42.7 Å². The zero-order valence-electron chi connectivity index (χ0n) is 14.1. The van der Waals surface area contributed by atoms with Crippen LogP contribution in [0.1, 0.15) is 34.2 Å². The molecule has 0 saturated carbocycles. The van der Waals surface area contributed by atoms with Crippen LogP contribution in [0.25, 0.3) is 0 Å². The summed E-state index contributed by atoms with van der Waals surface area (Å²) in [6.07, 6.45) is 4.02. The minimum atomic E-state index is -0.130. The van der Waals surface area contributed by atoms with Gasteiger partial charge in [0.15, 0.2) is 0 Å². The van der Waals surface area contributed by atoms with Crippen LogP contribution in [0.3, 0.4) is 0 Å². The third-order valence-corrected chi connectivity index (χ3v) is 4.07. The second-order valence-electron chi connectivity index (χ2n) is 5.89. The summed E-state index contributed by atoms with van der Waals surface area (Å²) in [6.45, 7) is 3.75. The van der Waals surface area contributed by atoms with Gasteiger partial charge in [0.1, 0.15) is 11.5 Å². The average Bonchev–Trinajstić information content (AvgIpc) is 3.11. The van der Waals surface area contributed by atoms with Crippen molar-refractivity contribution in [2.75, 3.05) is 25.0 Å². The Balaban J connectivity index is 1.56. The summed E-state index contributed by atoms with van der Waals surface area (Å²) in [5.74, 6) is 0.518. The lowest BCUT2D eigenvalue weighted by molar-refractivity contribution is 0.0785. The Kier molecular flexibility index (Phi) is 5.23. The van der Waals surface area contributed by atoms with E-state index < -0.39 is 0 Å². The molecule has 2 aromatic heterocycles. The highest BCUT2D eigenvalue weighted by molar-refractivity contribution is 5.94. The Morgan fingerprint density at radius 2 is 2.12 bits per heavy atom. The summed E-state index contributed by atoms with van der Waals surface area (Å²) in [5, 5.41) is 6.06. The highest BCUT2D eigenvalue weighted by Gasteiger charge is 2.27. The zero-order chi connectivity index (χ0) is 17.6. The molecule has 7 heteroatoms. The molecule has 2 aromatic rings. The first-order valence-corrected chi connectivity index (χ1v) is 8.38. The van der Waals surface area contributed by atoms with Crippen LogP contribution in [-0.4, -0.2) is 52.4 Å². The SMILES string of the molecule is CCNC(=O)c1ccc(NC2CCN(C(=O)c3ccccn3)C2)nc1. The topological polar surface area (TPSA) is 87.2 Å². The van der Waals surface area contributed by atoms with Crippen LogP contribution in [0.5, 0.6) is 0 Å². The molecule has 3 heterocycles. The molecule has 2 N–H and O–H groups in total. The van der Waals surface area contributed by atoms with Crippen LogP contribution in [0.2, 0.25) is 0 Å². The first kappa shape index (κ1) is 16.9. The van der Waals surface area contributed by atoms with Gasteiger partial charge in [-0.25, -0.2) is 4.98 Å². The first-order valence-electron chi connectivity index (χ1n) is 8.38. The number of likely N-dealkylation sites (tertiary alicyclic amines) is 1. The van der Waals surface area contributed by atoms with Crippen molar-refractivity contribution >= 4 is 17.6 Å². The molecule has 1 aliphatic heterocycles. The Labute approximate surface area is 146 Å². The van der Waals surface area contributed by atoms with E-state index in [1.807, 2.05) is 13.0 Å². The third-order valence-electron chi connectivity index (χ3n) is 4.07. The van der Waals surface area contributed by atoms with Crippen molar-refractivity contribution < 1.29 is 9.59 Å². The molecule has 0 radical (unpaired) electrons. The molecule has 1 atom stereocenters. The molecule has 3 rings (SSSR count). The molecule has 0 aromatic carbocycles. The fourth-order valence-corrected chi connectivity index (χ4v) is 2.80. The second-order valence-corrected chi connectivity index (χ2v) is 5.89. The number of nitrogens with one attached hydrogen (secondary N) is 2.